The van der Waals surface area contributed by atoms with Crippen LogP contribution in [0.4, 0.5) is 4.39 Å². The molecule has 2 aromatic heterocycles. The highest BCUT2D eigenvalue weighted by molar-refractivity contribution is 6.06. The predicted octanol–water partition coefficient (Wildman–Crippen LogP) is 2.80. The topological polar surface area (TPSA) is 111 Å². The number of carbonyl (C=O) groups is 1. The van der Waals surface area contributed by atoms with Gasteiger partial charge in [0, 0.05) is 74.5 Å². The second kappa shape index (κ2) is 10.9. The van der Waals surface area contributed by atoms with Gasteiger partial charge in [0.05, 0.1) is 6.61 Å². The third-order valence-electron chi connectivity index (χ3n) is 5.59. The first-order chi connectivity index (χ1) is 16.3. The number of imidazole rings is 1. The summed E-state index contributed by atoms with van der Waals surface area (Å²) in [5.74, 6) is -0.661. The number of aromatic nitrogens is 2. The van der Waals surface area contributed by atoms with Gasteiger partial charge in [0.25, 0.3) is 5.91 Å². The maximum Gasteiger partial charge on any atom is 0.269 e. The standard InChI is InChI=1S/C25H31FN6O2/c1-16(29-2)19(23(28)25(33)31(3)4)11-13-34-24-20(6-5-7-21(24)26)17-8-9-22-30-14-18(10-12-27)32(22)15-17/h5-9,14-15H,10-13,27-28H2,1-4H3/b23-19-,29-16?. The van der Waals surface area contributed by atoms with Crippen LogP contribution in [0.15, 0.2) is 59.0 Å². The number of para-hydroxylation sites is 1. The van der Waals surface area contributed by atoms with Crippen molar-refractivity contribution in [3.8, 4) is 16.9 Å². The molecular formula is C25H31FN6O2. The molecule has 0 aliphatic rings. The molecule has 0 unspecified atom stereocenters. The van der Waals surface area contributed by atoms with Crippen LogP contribution in [-0.2, 0) is 11.2 Å². The lowest BCUT2D eigenvalue weighted by Crippen LogP contribution is -2.30. The highest BCUT2D eigenvalue weighted by Crippen LogP contribution is 2.33. The van der Waals surface area contributed by atoms with E-state index in [0.29, 0.717) is 36.2 Å². The predicted molar refractivity (Wildman–Crippen MR) is 132 cm³/mol. The van der Waals surface area contributed by atoms with Gasteiger partial charge in [-0.15, -0.1) is 0 Å². The quantitative estimate of drug-likeness (QED) is 0.372. The minimum atomic E-state index is -0.478. The number of rotatable bonds is 9. The summed E-state index contributed by atoms with van der Waals surface area (Å²) in [5, 5.41) is 0. The molecule has 4 N–H and O–H groups in total. The van der Waals surface area contributed by atoms with Gasteiger partial charge < -0.3 is 25.5 Å². The first-order valence-corrected chi connectivity index (χ1v) is 11.0. The van der Waals surface area contributed by atoms with E-state index >= 15 is 0 Å². The molecule has 0 aliphatic heterocycles. The van der Waals surface area contributed by atoms with Crippen LogP contribution < -0.4 is 16.2 Å². The maximum atomic E-state index is 14.8. The molecule has 34 heavy (non-hydrogen) atoms. The number of hydrogen-bond acceptors (Lipinski definition) is 6. The first kappa shape index (κ1) is 24.9. The number of ether oxygens (including phenoxy) is 1. The van der Waals surface area contributed by atoms with Crippen LogP contribution in [0.2, 0.25) is 0 Å². The lowest BCUT2D eigenvalue weighted by molar-refractivity contribution is -0.124. The summed E-state index contributed by atoms with van der Waals surface area (Å²) in [4.78, 5) is 22.3. The van der Waals surface area contributed by atoms with Gasteiger partial charge in [-0.25, -0.2) is 9.37 Å². The fourth-order valence-corrected chi connectivity index (χ4v) is 3.68. The second-order valence-corrected chi connectivity index (χ2v) is 8.05. The van der Waals surface area contributed by atoms with Gasteiger partial charge in [-0.2, -0.15) is 0 Å². The monoisotopic (exact) mass is 466 g/mol. The minimum absolute atomic E-state index is 0.100. The number of aliphatic imine (C=N–C) groups is 1. The van der Waals surface area contributed by atoms with Gasteiger partial charge >= 0.3 is 0 Å². The van der Waals surface area contributed by atoms with Crippen molar-refractivity contribution in [3.05, 3.63) is 65.5 Å². The molecule has 9 heteroatoms. The summed E-state index contributed by atoms with van der Waals surface area (Å²) in [6.07, 6.45) is 4.67. The molecule has 8 nitrogen and oxygen atoms in total. The minimum Gasteiger partial charge on any atom is -0.490 e. The molecule has 3 aromatic rings. The van der Waals surface area contributed by atoms with Crippen molar-refractivity contribution in [2.24, 2.45) is 16.5 Å². The number of benzene rings is 1. The van der Waals surface area contributed by atoms with Crippen molar-refractivity contribution in [1.29, 1.82) is 0 Å². The third kappa shape index (κ3) is 5.26. The molecule has 180 valence electrons. The normalized spacial score (nSPS) is 12.6. The van der Waals surface area contributed by atoms with E-state index < -0.39 is 5.82 Å². The molecule has 1 amide bonds. The van der Waals surface area contributed by atoms with Crippen molar-refractivity contribution < 1.29 is 13.9 Å². The molecule has 0 bridgehead atoms. The van der Waals surface area contributed by atoms with Gasteiger partial charge in [0.1, 0.15) is 11.3 Å². The molecule has 1 aromatic carbocycles. The first-order valence-electron chi connectivity index (χ1n) is 11.0. The summed E-state index contributed by atoms with van der Waals surface area (Å²) in [7, 11) is 4.89. The SMILES string of the molecule is CN=C(C)/C(CCOc1c(F)cccc1-c1ccc2ncc(CCN)n2c1)=C(\N)C(=O)N(C)C. The molecule has 0 aliphatic carbocycles. The van der Waals surface area contributed by atoms with Gasteiger partial charge in [0.15, 0.2) is 11.6 Å². The van der Waals surface area contributed by atoms with Crippen LogP contribution in [0.25, 0.3) is 16.8 Å². The highest BCUT2D eigenvalue weighted by atomic mass is 19.1. The lowest BCUT2D eigenvalue weighted by atomic mass is 10.0. The Bertz CT molecular complexity index is 1250. The molecule has 3 rings (SSSR count). The molecule has 0 fully saturated rings. The van der Waals surface area contributed by atoms with Crippen LogP contribution >= 0.6 is 0 Å². The Morgan fingerprint density at radius 3 is 2.71 bits per heavy atom. The number of pyridine rings is 1. The molecular weight excluding hydrogens is 435 g/mol. The van der Waals surface area contributed by atoms with E-state index in [0.717, 1.165) is 16.9 Å². The number of halogens is 1. The van der Waals surface area contributed by atoms with Crippen LogP contribution in [0.3, 0.4) is 0 Å². The Hall–Kier alpha value is -3.72. The van der Waals surface area contributed by atoms with Crippen molar-refractivity contribution in [3.63, 3.8) is 0 Å². The highest BCUT2D eigenvalue weighted by Gasteiger charge is 2.18. The molecule has 2 heterocycles. The van der Waals surface area contributed by atoms with Gasteiger partial charge in [-0.05, 0) is 31.7 Å². The Kier molecular flexibility index (Phi) is 8.01. The van der Waals surface area contributed by atoms with E-state index in [1.807, 2.05) is 22.7 Å². The third-order valence-corrected chi connectivity index (χ3v) is 5.59. The van der Waals surface area contributed by atoms with E-state index in [-0.39, 0.29) is 24.0 Å². The summed E-state index contributed by atoms with van der Waals surface area (Å²) >= 11 is 0. The number of nitrogens with zero attached hydrogens (tertiary/aromatic N) is 4. The number of fused-ring (bicyclic) bond motifs is 1. The average molecular weight is 467 g/mol. The lowest BCUT2D eigenvalue weighted by Gasteiger charge is -2.17. The molecule has 0 atom stereocenters. The smallest absolute Gasteiger partial charge is 0.269 e. The van der Waals surface area contributed by atoms with E-state index in [4.69, 9.17) is 16.2 Å². The van der Waals surface area contributed by atoms with Crippen molar-refractivity contribution in [2.75, 3.05) is 34.3 Å². The van der Waals surface area contributed by atoms with Gasteiger partial charge in [-0.3, -0.25) is 9.79 Å². The number of hydrogen-bond donors (Lipinski definition) is 2. The van der Waals surface area contributed by atoms with Gasteiger partial charge in [0.2, 0.25) is 0 Å². The summed E-state index contributed by atoms with van der Waals surface area (Å²) in [6, 6.07) is 8.55. The number of carbonyl (C=O) groups excluding carboxylic acids is 1. The zero-order valence-electron chi connectivity index (χ0n) is 20.0. The zero-order chi connectivity index (χ0) is 24.8. The largest absolute Gasteiger partial charge is 0.490 e. The maximum absolute atomic E-state index is 14.8. The van der Waals surface area contributed by atoms with E-state index in [1.165, 1.54) is 11.0 Å². The fourth-order valence-electron chi connectivity index (χ4n) is 3.68. The molecule has 0 radical (unpaired) electrons. The Labute approximate surface area is 198 Å². The Morgan fingerprint density at radius 2 is 2.03 bits per heavy atom. The van der Waals surface area contributed by atoms with E-state index in [9.17, 15) is 9.18 Å². The van der Waals surface area contributed by atoms with Crippen molar-refractivity contribution in [2.45, 2.75) is 19.8 Å². The Balaban J connectivity index is 1.91. The molecule has 0 saturated carbocycles. The molecule has 0 spiro atoms. The van der Waals surface area contributed by atoms with Crippen molar-refractivity contribution in [1.82, 2.24) is 14.3 Å². The molecule has 0 saturated heterocycles. The van der Waals surface area contributed by atoms with Gasteiger partial charge in [-0.1, -0.05) is 12.1 Å². The Morgan fingerprint density at radius 1 is 1.26 bits per heavy atom. The van der Waals surface area contributed by atoms with E-state index in [1.54, 1.807) is 46.4 Å². The average Bonchev–Trinajstić information content (AvgIpc) is 3.23. The van der Waals surface area contributed by atoms with Crippen LogP contribution in [0.1, 0.15) is 19.0 Å². The van der Waals surface area contributed by atoms with Crippen LogP contribution in [0.5, 0.6) is 5.75 Å². The number of likely N-dealkylation sites (N-methyl/N-ethyl adjacent to an activating group) is 1. The van der Waals surface area contributed by atoms with Crippen molar-refractivity contribution >= 4 is 17.3 Å². The van der Waals surface area contributed by atoms with Crippen LogP contribution in [-0.4, -0.2) is 60.2 Å². The summed E-state index contributed by atoms with van der Waals surface area (Å²) in [6.45, 7) is 2.39. The summed E-state index contributed by atoms with van der Waals surface area (Å²) < 4.78 is 22.7. The van der Waals surface area contributed by atoms with E-state index in [2.05, 4.69) is 9.98 Å². The van der Waals surface area contributed by atoms with Crippen LogP contribution in [0, 0.1) is 5.82 Å². The fraction of sp³-hybridized carbons (Fsp3) is 0.320. The summed E-state index contributed by atoms with van der Waals surface area (Å²) in [5.41, 5.74) is 16.3. The number of nitrogens with two attached hydrogens (primary N) is 2. The second-order valence-electron chi connectivity index (χ2n) is 8.05. The zero-order valence-corrected chi connectivity index (χ0v) is 20.0. The number of amides is 1.